The number of fused-ring (bicyclic) bond motifs is 1. The molecule has 0 aliphatic carbocycles. The quantitative estimate of drug-likeness (QED) is 0.688. The molecular formula is C24H22O2. The predicted molar refractivity (Wildman–Crippen MR) is 105 cm³/mol. The smallest absolute Gasteiger partial charge is 0.137 e. The second-order valence-corrected chi connectivity index (χ2v) is 6.56. The lowest BCUT2D eigenvalue weighted by atomic mass is 9.78. The molecule has 0 amide bonds. The molecular weight excluding hydrogens is 320 g/mol. The fourth-order valence-corrected chi connectivity index (χ4v) is 3.66. The maximum atomic E-state index is 10.9. The molecule has 3 aromatic rings. The average Bonchev–Trinajstić information content (AvgIpc) is 2.73. The molecule has 0 spiro atoms. The maximum absolute atomic E-state index is 10.9. The Labute approximate surface area is 154 Å². The zero-order valence-electron chi connectivity index (χ0n) is 14.8. The van der Waals surface area contributed by atoms with Crippen LogP contribution in [0.3, 0.4) is 0 Å². The van der Waals surface area contributed by atoms with Crippen LogP contribution in [0.4, 0.5) is 0 Å². The van der Waals surface area contributed by atoms with E-state index in [9.17, 15) is 5.11 Å². The van der Waals surface area contributed by atoms with Gasteiger partial charge in [0.05, 0.1) is 6.10 Å². The van der Waals surface area contributed by atoms with E-state index in [2.05, 4.69) is 18.2 Å². The van der Waals surface area contributed by atoms with Gasteiger partial charge in [-0.3, -0.25) is 0 Å². The Bertz CT molecular complexity index is 913. The monoisotopic (exact) mass is 342 g/mol. The molecule has 3 aromatic carbocycles. The third kappa shape index (κ3) is 2.93. The molecule has 4 rings (SSSR count). The second-order valence-electron chi connectivity index (χ2n) is 6.56. The normalized spacial score (nSPS) is 17.4. The minimum atomic E-state index is -0.566. The van der Waals surface area contributed by atoms with E-state index in [-0.39, 0.29) is 5.92 Å². The summed E-state index contributed by atoms with van der Waals surface area (Å²) >= 11 is 0. The van der Waals surface area contributed by atoms with Crippen LogP contribution in [0, 0.1) is 0 Å². The highest BCUT2D eigenvalue weighted by Gasteiger charge is 2.34. The van der Waals surface area contributed by atoms with Gasteiger partial charge < -0.3 is 9.84 Å². The van der Waals surface area contributed by atoms with Crippen molar-refractivity contribution in [2.45, 2.75) is 25.4 Å². The highest BCUT2D eigenvalue weighted by molar-refractivity contribution is 5.73. The van der Waals surface area contributed by atoms with Gasteiger partial charge in [0.1, 0.15) is 11.5 Å². The summed E-state index contributed by atoms with van der Waals surface area (Å²) in [4.78, 5) is 0. The third-order valence-electron chi connectivity index (χ3n) is 4.93. The van der Waals surface area contributed by atoms with Gasteiger partial charge in [0.2, 0.25) is 0 Å². The molecule has 2 atom stereocenters. The molecule has 1 aliphatic rings. The molecule has 0 unspecified atom stereocenters. The van der Waals surface area contributed by atoms with Crippen LogP contribution in [-0.2, 0) is 0 Å². The van der Waals surface area contributed by atoms with E-state index in [4.69, 9.17) is 4.74 Å². The first kappa shape index (κ1) is 16.6. The molecule has 0 aromatic heterocycles. The highest BCUT2D eigenvalue weighted by atomic mass is 16.5. The summed E-state index contributed by atoms with van der Waals surface area (Å²) < 4.78 is 6.32. The predicted octanol–water partition coefficient (Wildman–Crippen LogP) is 5.39. The zero-order chi connectivity index (χ0) is 17.9. The van der Waals surface area contributed by atoms with Crippen LogP contribution in [0.5, 0.6) is 5.75 Å². The van der Waals surface area contributed by atoms with Crippen molar-refractivity contribution >= 4 is 5.76 Å². The molecule has 1 aliphatic heterocycles. The molecule has 130 valence electrons. The molecule has 0 bridgehead atoms. The fraction of sp³-hybridized carbons (Fsp3) is 0.167. The number of para-hydroxylation sites is 1. The van der Waals surface area contributed by atoms with Crippen LogP contribution in [0.2, 0.25) is 0 Å². The zero-order valence-corrected chi connectivity index (χ0v) is 14.8. The molecule has 2 nitrogen and oxygen atoms in total. The van der Waals surface area contributed by atoms with Gasteiger partial charge in [-0.25, -0.2) is 0 Å². The van der Waals surface area contributed by atoms with Crippen molar-refractivity contribution in [1.82, 2.24) is 0 Å². The van der Waals surface area contributed by atoms with E-state index in [1.807, 2.05) is 73.7 Å². The first-order valence-corrected chi connectivity index (χ1v) is 9.09. The molecule has 26 heavy (non-hydrogen) atoms. The summed E-state index contributed by atoms with van der Waals surface area (Å²) in [5.74, 6) is 1.60. The van der Waals surface area contributed by atoms with Crippen LogP contribution < -0.4 is 4.74 Å². The van der Waals surface area contributed by atoms with Crippen molar-refractivity contribution in [3.63, 3.8) is 0 Å². The maximum Gasteiger partial charge on any atom is 0.137 e. The Morgan fingerprint density at radius 1 is 0.846 bits per heavy atom. The number of hydrogen-bond acceptors (Lipinski definition) is 2. The van der Waals surface area contributed by atoms with Crippen molar-refractivity contribution < 1.29 is 9.84 Å². The van der Waals surface area contributed by atoms with Gasteiger partial charge >= 0.3 is 0 Å². The number of aliphatic hydroxyl groups excluding tert-OH is 1. The lowest BCUT2D eigenvalue weighted by Gasteiger charge is -2.33. The Morgan fingerprint density at radius 3 is 2.15 bits per heavy atom. The van der Waals surface area contributed by atoms with Gasteiger partial charge in [-0.2, -0.15) is 0 Å². The van der Waals surface area contributed by atoms with Crippen molar-refractivity contribution in [3.05, 3.63) is 107 Å². The molecule has 0 saturated heterocycles. The van der Waals surface area contributed by atoms with Crippen LogP contribution in [0.25, 0.3) is 5.76 Å². The largest absolute Gasteiger partial charge is 0.456 e. The summed E-state index contributed by atoms with van der Waals surface area (Å²) in [6, 6.07) is 28.5. The molecule has 0 radical (unpaired) electrons. The van der Waals surface area contributed by atoms with E-state index in [1.54, 1.807) is 0 Å². The van der Waals surface area contributed by atoms with Crippen molar-refractivity contribution in [2.24, 2.45) is 0 Å². The first-order chi connectivity index (χ1) is 12.8. The lowest BCUT2D eigenvalue weighted by Crippen LogP contribution is -2.24. The van der Waals surface area contributed by atoms with E-state index >= 15 is 0 Å². The van der Waals surface area contributed by atoms with E-state index in [0.717, 1.165) is 28.2 Å². The Morgan fingerprint density at radius 2 is 1.46 bits per heavy atom. The summed E-state index contributed by atoms with van der Waals surface area (Å²) in [7, 11) is 0. The van der Waals surface area contributed by atoms with Crippen LogP contribution >= 0.6 is 0 Å². The minimum Gasteiger partial charge on any atom is -0.456 e. The average molecular weight is 342 g/mol. The Kier molecular flexibility index (Phi) is 4.59. The fourth-order valence-electron chi connectivity index (χ4n) is 3.66. The van der Waals surface area contributed by atoms with E-state index in [0.29, 0.717) is 6.42 Å². The van der Waals surface area contributed by atoms with Crippen molar-refractivity contribution in [1.29, 1.82) is 0 Å². The summed E-state index contributed by atoms with van der Waals surface area (Å²) in [5, 5.41) is 10.9. The van der Waals surface area contributed by atoms with Crippen LogP contribution in [-0.4, -0.2) is 11.2 Å². The number of rotatable bonds is 4. The first-order valence-electron chi connectivity index (χ1n) is 9.09. The van der Waals surface area contributed by atoms with Gasteiger partial charge in [-0.1, -0.05) is 85.8 Å². The van der Waals surface area contributed by atoms with Crippen molar-refractivity contribution in [2.75, 3.05) is 0 Å². The van der Waals surface area contributed by atoms with Crippen molar-refractivity contribution in [3.8, 4) is 5.75 Å². The number of aliphatic hydroxyl groups is 1. The third-order valence-corrected chi connectivity index (χ3v) is 4.93. The van der Waals surface area contributed by atoms with E-state index < -0.39 is 6.10 Å². The van der Waals surface area contributed by atoms with Crippen LogP contribution in [0.15, 0.2) is 90.5 Å². The molecule has 0 fully saturated rings. The molecule has 1 N–H and O–H groups in total. The summed E-state index contributed by atoms with van der Waals surface area (Å²) in [6.45, 7) is 2.00. The minimum absolute atomic E-state index is 0.0219. The van der Waals surface area contributed by atoms with Gasteiger partial charge in [0.25, 0.3) is 0 Å². The van der Waals surface area contributed by atoms with Gasteiger partial charge in [0, 0.05) is 22.6 Å². The molecule has 2 heteroatoms. The Balaban J connectivity index is 1.99. The summed E-state index contributed by atoms with van der Waals surface area (Å²) in [5.41, 5.74) is 4.19. The second kappa shape index (κ2) is 7.19. The standard InChI is InChI=1S/C24H22O2/c1-2-20(25)23-22(17-11-5-3-6-12-17)19-15-9-10-16-21(19)26-24(23)18-13-7-4-8-14-18/h3-16,20,22,25H,2H2,1H3/t20-,22+/m1/s1. The van der Waals surface area contributed by atoms with Gasteiger partial charge in [-0.15, -0.1) is 0 Å². The highest BCUT2D eigenvalue weighted by Crippen LogP contribution is 2.47. The van der Waals surface area contributed by atoms with Crippen LogP contribution in [0.1, 0.15) is 36.0 Å². The van der Waals surface area contributed by atoms with E-state index in [1.165, 1.54) is 5.56 Å². The number of ether oxygens (including phenoxy) is 1. The number of benzene rings is 3. The summed E-state index contributed by atoms with van der Waals surface area (Å²) in [6.07, 6.45) is 0.0735. The number of hydrogen-bond donors (Lipinski definition) is 1. The molecule has 1 heterocycles. The SMILES string of the molecule is CC[C@@H](O)C1=C(c2ccccc2)Oc2ccccc2[C@@H]1c1ccccc1. The lowest BCUT2D eigenvalue weighted by molar-refractivity contribution is 0.197. The Hall–Kier alpha value is -2.84. The molecule has 0 saturated carbocycles. The van der Waals surface area contributed by atoms with Gasteiger partial charge in [0.15, 0.2) is 0 Å². The van der Waals surface area contributed by atoms with Gasteiger partial charge in [-0.05, 0) is 18.1 Å². The topological polar surface area (TPSA) is 29.5 Å².